The summed E-state index contributed by atoms with van der Waals surface area (Å²) >= 11 is 58.2. The van der Waals surface area contributed by atoms with Crippen molar-refractivity contribution >= 4 is 137 Å². The van der Waals surface area contributed by atoms with Gasteiger partial charge in [-0.3, -0.25) is 0 Å². The fourth-order valence-electron chi connectivity index (χ4n) is 4.76. The lowest BCUT2D eigenvalue weighted by atomic mass is 9.97. The lowest BCUT2D eigenvalue weighted by Crippen LogP contribution is -1.94. The first-order valence-corrected chi connectivity index (χ1v) is 17.9. The molecule has 2 aromatic heterocycles. The van der Waals surface area contributed by atoms with Gasteiger partial charge < -0.3 is 0 Å². The molecule has 14 heteroatoms. The summed E-state index contributed by atoms with van der Waals surface area (Å²) in [6.07, 6.45) is 8.02. The molecule has 0 unspecified atom stereocenters. The van der Waals surface area contributed by atoms with Gasteiger partial charge in [0.05, 0.1) is 45.7 Å². The van der Waals surface area contributed by atoms with Gasteiger partial charge in [0.1, 0.15) is 15.0 Å². The SMILES string of the molecule is CCCCCc1nnc(-c2c(Cl)c(Cl)c3c(Cl)c4c(-c5nnc(CCCCC)s5)c(Cl)c(Cl)c(Cl)c4c(Cl)c3c2Cl)s1. The first-order chi connectivity index (χ1) is 20.1. The van der Waals surface area contributed by atoms with Crippen LogP contribution in [0.3, 0.4) is 0 Å². The van der Waals surface area contributed by atoms with Crippen molar-refractivity contribution in [1.29, 1.82) is 0 Å². The Morgan fingerprint density at radius 2 is 0.857 bits per heavy atom. The number of benzene rings is 3. The average Bonchev–Trinajstić information content (AvgIpc) is 3.62. The second-order valence-corrected chi connectivity index (χ2v) is 14.8. The van der Waals surface area contributed by atoms with E-state index in [0.717, 1.165) is 61.4 Å². The number of fused-ring (bicyclic) bond motifs is 2. The molecule has 0 radical (unpaired) electrons. The zero-order valence-electron chi connectivity index (χ0n) is 22.3. The molecule has 42 heavy (non-hydrogen) atoms. The van der Waals surface area contributed by atoms with Crippen molar-refractivity contribution < 1.29 is 0 Å². The van der Waals surface area contributed by atoms with Crippen molar-refractivity contribution in [3.05, 3.63) is 50.2 Å². The third-order valence-corrected chi connectivity index (χ3v) is 12.2. The standard InChI is InChI=1S/C28H22Cl8N4S2/c1-3-5-7-9-11-37-39-27(41-11)17-13-14(23(33)26(36)24(17)34)20(30)15-16(19(13)29)22(32)25(35)18(21(15)31)28-40-38-12(42-28)10-8-6-4-2/h3-10H2,1-2H3. The van der Waals surface area contributed by atoms with Crippen LogP contribution in [-0.2, 0) is 12.8 Å². The first kappa shape index (κ1) is 33.0. The van der Waals surface area contributed by atoms with Crippen molar-refractivity contribution in [2.75, 3.05) is 0 Å². The average molecular weight is 762 g/mol. The van der Waals surface area contributed by atoms with Gasteiger partial charge in [-0.1, -0.05) is 155 Å². The summed E-state index contributed by atoms with van der Waals surface area (Å²) in [6.45, 7) is 4.30. The Kier molecular flexibility index (Phi) is 11.0. The lowest BCUT2D eigenvalue weighted by molar-refractivity contribution is 0.710. The highest BCUT2D eigenvalue weighted by Crippen LogP contribution is 2.57. The topological polar surface area (TPSA) is 51.6 Å². The monoisotopic (exact) mass is 758 g/mol. The zero-order chi connectivity index (χ0) is 30.3. The molecule has 0 saturated carbocycles. The molecule has 4 nitrogen and oxygen atoms in total. The Labute approximate surface area is 291 Å². The Balaban J connectivity index is 1.78. The number of nitrogens with zero attached hydrogens (tertiary/aromatic N) is 4. The molecule has 5 rings (SSSR count). The minimum Gasteiger partial charge on any atom is -0.143 e. The van der Waals surface area contributed by atoms with Crippen LogP contribution in [0.1, 0.15) is 62.4 Å². The summed E-state index contributed by atoms with van der Waals surface area (Å²) in [5, 5.41) is 23.2. The molecule has 0 atom stereocenters. The van der Waals surface area contributed by atoms with E-state index in [0.29, 0.717) is 42.7 Å². The van der Waals surface area contributed by atoms with Crippen molar-refractivity contribution in [1.82, 2.24) is 20.4 Å². The highest BCUT2D eigenvalue weighted by atomic mass is 35.5. The molecule has 0 amide bonds. The molecule has 3 aromatic carbocycles. The van der Waals surface area contributed by atoms with Crippen molar-refractivity contribution in [3.63, 3.8) is 0 Å². The normalized spacial score (nSPS) is 11.9. The molecule has 0 aliphatic rings. The van der Waals surface area contributed by atoms with E-state index in [4.69, 9.17) is 92.8 Å². The van der Waals surface area contributed by atoms with E-state index in [1.54, 1.807) is 0 Å². The molecule has 0 fully saturated rings. The predicted octanol–water partition coefficient (Wildman–Crippen LogP) is 13.7. The van der Waals surface area contributed by atoms with Gasteiger partial charge in [-0.2, -0.15) is 0 Å². The molecule has 0 aliphatic heterocycles. The Morgan fingerprint density at radius 3 is 1.40 bits per heavy atom. The summed E-state index contributed by atoms with van der Waals surface area (Å²) in [5.74, 6) is 0. The summed E-state index contributed by atoms with van der Waals surface area (Å²) in [6, 6.07) is 0. The number of unbranched alkanes of at least 4 members (excludes halogenated alkanes) is 4. The highest BCUT2D eigenvalue weighted by Gasteiger charge is 2.30. The quantitative estimate of drug-likeness (QED) is 0.0615. The van der Waals surface area contributed by atoms with Crippen molar-refractivity contribution in [3.8, 4) is 21.1 Å². The number of aryl methyl sites for hydroxylation is 2. The molecule has 0 N–H and O–H groups in total. The van der Waals surface area contributed by atoms with Gasteiger partial charge in [0.2, 0.25) is 0 Å². The zero-order valence-corrected chi connectivity index (χ0v) is 30.0. The van der Waals surface area contributed by atoms with Crippen LogP contribution in [0.25, 0.3) is 42.7 Å². The molecule has 0 spiro atoms. The molecular weight excluding hydrogens is 740 g/mol. The van der Waals surface area contributed by atoms with Gasteiger partial charge in [-0.25, -0.2) is 0 Å². The molecule has 0 bridgehead atoms. The van der Waals surface area contributed by atoms with E-state index < -0.39 is 0 Å². The smallest absolute Gasteiger partial charge is 0.143 e. The van der Waals surface area contributed by atoms with Crippen LogP contribution in [0.5, 0.6) is 0 Å². The summed E-state index contributed by atoms with van der Waals surface area (Å²) < 4.78 is 0. The van der Waals surface area contributed by atoms with Gasteiger partial charge in [0, 0.05) is 39.9 Å². The van der Waals surface area contributed by atoms with Gasteiger partial charge >= 0.3 is 0 Å². The van der Waals surface area contributed by atoms with Crippen LogP contribution in [-0.4, -0.2) is 20.4 Å². The largest absolute Gasteiger partial charge is 0.150 e. The van der Waals surface area contributed by atoms with E-state index in [-0.39, 0.29) is 40.2 Å². The van der Waals surface area contributed by atoms with E-state index >= 15 is 0 Å². The number of hydrogen-bond acceptors (Lipinski definition) is 6. The minimum atomic E-state index is 0.109. The molecular formula is C28H22Cl8N4S2. The van der Waals surface area contributed by atoms with E-state index in [1.165, 1.54) is 22.7 Å². The van der Waals surface area contributed by atoms with E-state index in [1.807, 2.05) is 0 Å². The van der Waals surface area contributed by atoms with Crippen molar-refractivity contribution in [2.24, 2.45) is 0 Å². The van der Waals surface area contributed by atoms with Gasteiger partial charge in [0.15, 0.2) is 5.01 Å². The minimum absolute atomic E-state index is 0.109. The van der Waals surface area contributed by atoms with Crippen LogP contribution in [0.4, 0.5) is 0 Å². The maximum absolute atomic E-state index is 7.14. The third kappa shape index (κ3) is 5.95. The molecule has 0 saturated heterocycles. The van der Waals surface area contributed by atoms with Gasteiger partial charge in [-0.05, 0) is 12.8 Å². The third-order valence-electron chi connectivity index (χ3n) is 6.87. The molecule has 5 aromatic rings. The van der Waals surface area contributed by atoms with Crippen LogP contribution >= 0.6 is 115 Å². The van der Waals surface area contributed by atoms with Crippen LogP contribution in [0.2, 0.25) is 40.2 Å². The highest BCUT2D eigenvalue weighted by molar-refractivity contribution is 7.15. The summed E-state index contributed by atoms with van der Waals surface area (Å²) in [5.41, 5.74) is 0.881. The summed E-state index contributed by atoms with van der Waals surface area (Å²) in [7, 11) is 0. The molecule has 2 heterocycles. The molecule has 0 aliphatic carbocycles. The van der Waals surface area contributed by atoms with Crippen molar-refractivity contribution in [2.45, 2.75) is 65.2 Å². The number of rotatable bonds is 10. The fourth-order valence-corrected chi connectivity index (χ4v) is 9.49. The number of aromatic nitrogens is 4. The number of hydrogen-bond donors (Lipinski definition) is 0. The Bertz CT molecular complexity index is 1810. The lowest BCUT2D eigenvalue weighted by Gasteiger charge is -2.19. The Hall–Kier alpha value is -0.380. The maximum atomic E-state index is 7.14. The second-order valence-electron chi connectivity index (χ2n) is 9.68. The van der Waals surface area contributed by atoms with Gasteiger partial charge in [-0.15, -0.1) is 20.4 Å². The van der Waals surface area contributed by atoms with Gasteiger partial charge in [0.25, 0.3) is 0 Å². The van der Waals surface area contributed by atoms with Crippen LogP contribution < -0.4 is 0 Å². The van der Waals surface area contributed by atoms with E-state index in [9.17, 15) is 0 Å². The first-order valence-electron chi connectivity index (χ1n) is 13.2. The summed E-state index contributed by atoms with van der Waals surface area (Å²) in [4.78, 5) is 0. The fraction of sp³-hybridized carbons (Fsp3) is 0.357. The second kappa shape index (κ2) is 13.9. The van der Waals surface area contributed by atoms with E-state index in [2.05, 4.69) is 34.2 Å². The van der Waals surface area contributed by atoms with Crippen LogP contribution in [0.15, 0.2) is 0 Å². The Morgan fingerprint density at radius 1 is 0.429 bits per heavy atom. The molecule has 222 valence electrons. The number of halogens is 8. The predicted molar refractivity (Wildman–Crippen MR) is 186 cm³/mol. The van der Waals surface area contributed by atoms with Crippen LogP contribution in [0, 0.1) is 0 Å². The maximum Gasteiger partial charge on any atom is 0.150 e.